The van der Waals surface area contributed by atoms with Crippen LogP contribution < -0.4 is 9.62 Å². The van der Waals surface area contributed by atoms with Crippen LogP contribution in [0.2, 0.25) is 5.15 Å². The molecule has 3 aromatic rings. The van der Waals surface area contributed by atoms with E-state index in [0.29, 0.717) is 33.6 Å². The van der Waals surface area contributed by atoms with Gasteiger partial charge in [-0.25, -0.2) is 18.1 Å². The quantitative estimate of drug-likeness (QED) is 0.665. The van der Waals surface area contributed by atoms with Crippen LogP contribution in [0, 0.1) is 0 Å². The van der Waals surface area contributed by atoms with E-state index in [1.807, 2.05) is 6.92 Å². The molecule has 4 rings (SSSR count). The number of hydrogen-bond donors (Lipinski definition) is 1. The fraction of sp³-hybridized carbons (Fsp3) is 0.158. The number of anilines is 1. The molecule has 1 aromatic heterocycles. The number of aromatic nitrogens is 1. The van der Waals surface area contributed by atoms with Crippen LogP contribution in [-0.4, -0.2) is 25.9 Å². The molecule has 0 atom stereocenters. The molecule has 2 heterocycles. The number of sulfonamides is 1. The third kappa shape index (κ3) is 2.97. The van der Waals surface area contributed by atoms with Gasteiger partial charge in [0, 0.05) is 35.6 Å². The summed E-state index contributed by atoms with van der Waals surface area (Å²) in [7, 11) is -3.78. The first kappa shape index (κ1) is 17.9. The van der Waals surface area contributed by atoms with Gasteiger partial charge in [0.2, 0.25) is 10.0 Å². The molecule has 27 heavy (non-hydrogen) atoms. The summed E-state index contributed by atoms with van der Waals surface area (Å²) in [6, 6.07) is 11.7. The Bertz CT molecular complexity index is 1160. The van der Waals surface area contributed by atoms with E-state index in [4.69, 9.17) is 11.6 Å². The van der Waals surface area contributed by atoms with Gasteiger partial charge in [-0.15, -0.1) is 0 Å². The van der Waals surface area contributed by atoms with Gasteiger partial charge >= 0.3 is 0 Å². The van der Waals surface area contributed by atoms with Crippen LogP contribution >= 0.6 is 11.6 Å². The Morgan fingerprint density at radius 3 is 2.67 bits per heavy atom. The number of nitrogens with zero attached hydrogens (tertiary/aromatic N) is 2. The molecule has 0 aliphatic carbocycles. The standard InChI is InChI=1S/C19H16ClN3O3S/c1-2-23-15-7-8-16(13-4-3-5-14(18(13)15)19(23)24)27(25,26)22-11-12-6-9-17(20)21-10-12/h3-10,22H,2,11H2,1H3. The van der Waals surface area contributed by atoms with Crippen LogP contribution in [0.15, 0.2) is 53.6 Å². The molecule has 2 aromatic carbocycles. The van der Waals surface area contributed by atoms with Crippen molar-refractivity contribution in [3.8, 4) is 0 Å². The van der Waals surface area contributed by atoms with E-state index in [1.54, 1.807) is 47.4 Å². The molecule has 0 saturated heterocycles. The summed E-state index contributed by atoms with van der Waals surface area (Å²) >= 11 is 5.75. The van der Waals surface area contributed by atoms with Crippen LogP contribution in [-0.2, 0) is 16.6 Å². The summed E-state index contributed by atoms with van der Waals surface area (Å²) in [6.07, 6.45) is 1.52. The van der Waals surface area contributed by atoms with Crippen molar-refractivity contribution >= 4 is 44.0 Å². The first-order valence-electron chi connectivity index (χ1n) is 8.40. The molecule has 138 valence electrons. The lowest BCUT2D eigenvalue weighted by molar-refractivity contribution is 0.0994. The molecule has 0 bridgehead atoms. The number of hydrogen-bond acceptors (Lipinski definition) is 4. The number of pyridine rings is 1. The van der Waals surface area contributed by atoms with Crippen molar-refractivity contribution in [2.45, 2.75) is 18.4 Å². The summed E-state index contributed by atoms with van der Waals surface area (Å²) in [5.74, 6) is -0.104. The van der Waals surface area contributed by atoms with E-state index >= 15 is 0 Å². The molecule has 6 nitrogen and oxygen atoms in total. The molecule has 0 fully saturated rings. The Morgan fingerprint density at radius 2 is 1.96 bits per heavy atom. The van der Waals surface area contributed by atoms with Gasteiger partial charge in [-0.2, -0.15) is 0 Å². The molecule has 0 spiro atoms. The normalized spacial score (nSPS) is 13.6. The highest BCUT2D eigenvalue weighted by atomic mass is 35.5. The van der Waals surface area contributed by atoms with E-state index in [2.05, 4.69) is 9.71 Å². The number of amides is 1. The lowest BCUT2D eigenvalue weighted by Crippen LogP contribution is -2.26. The van der Waals surface area contributed by atoms with Crippen molar-refractivity contribution in [3.63, 3.8) is 0 Å². The van der Waals surface area contributed by atoms with Crippen LogP contribution in [0.4, 0.5) is 5.69 Å². The number of carbonyl (C=O) groups is 1. The summed E-state index contributed by atoms with van der Waals surface area (Å²) < 4.78 is 28.4. The Morgan fingerprint density at radius 1 is 1.15 bits per heavy atom. The average molecular weight is 402 g/mol. The molecule has 0 unspecified atom stereocenters. The highest BCUT2D eigenvalue weighted by Crippen LogP contribution is 2.39. The molecule has 0 saturated carbocycles. The Kier molecular flexibility index (Phi) is 4.38. The molecule has 0 radical (unpaired) electrons. The van der Waals surface area contributed by atoms with Gasteiger partial charge in [0.1, 0.15) is 5.15 Å². The van der Waals surface area contributed by atoms with Crippen molar-refractivity contribution in [2.75, 3.05) is 11.4 Å². The van der Waals surface area contributed by atoms with E-state index in [9.17, 15) is 13.2 Å². The van der Waals surface area contributed by atoms with Gasteiger partial charge in [-0.05, 0) is 36.8 Å². The first-order valence-corrected chi connectivity index (χ1v) is 10.3. The molecular formula is C19H16ClN3O3S. The number of carbonyl (C=O) groups excluding carboxylic acids is 1. The Balaban J connectivity index is 1.75. The second-order valence-corrected chi connectivity index (χ2v) is 8.30. The van der Waals surface area contributed by atoms with Crippen LogP contribution in [0.5, 0.6) is 0 Å². The second-order valence-electron chi connectivity index (χ2n) is 6.17. The smallest absolute Gasteiger partial charge is 0.258 e. The largest absolute Gasteiger partial charge is 0.308 e. The molecule has 1 amide bonds. The zero-order valence-corrected chi connectivity index (χ0v) is 16.0. The summed E-state index contributed by atoms with van der Waals surface area (Å²) in [5, 5.41) is 1.57. The van der Waals surface area contributed by atoms with Gasteiger partial charge in [0.05, 0.1) is 10.6 Å². The Hall–Kier alpha value is -2.48. The summed E-state index contributed by atoms with van der Waals surface area (Å²) in [5.41, 5.74) is 1.97. The zero-order chi connectivity index (χ0) is 19.2. The van der Waals surface area contributed by atoms with Crippen molar-refractivity contribution in [1.82, 2.24) is 9.71 Å². The van der Waals surface area contributed by atoms with E-state index in [0.717, 1.165) is 5.69 Å². The maximum Gasteiger partial charge on any atom is 0.258 e. The predicted molar refractivity (Wildman–Crippen MR) is 105 cm³/mol. The van der Waals surface area contributed by atoms with Crippen molar-refractivity contribution in [3.05, 3.63) is 64.9 Å². The molecular weight excluding hydrogens is 386 g/mol. The fourth-order valence-corrected chi connectivity index (χ4v) is 4.67. The maximum absolute atomic E-state index is 12.9. The predicted octanol–water partition coefficient (Wildman–Crippen LogP) is 3.35. The number of halogens is 1. The SMILES string of the molecule is CCN1C(=O)c2cccc3c(S(=O)(=O)NCc4ccc(Cl)nc4)ccc1c23. The number of rotatable bonds is 5. The van der Waals surface area contributed by atoms with Crippen molar-refractivity contribution < 1.29 is 13.2 Å². The van der Waals surface area contributed by atoms with E-state index in [1.165, 1.54) is 6.20 Å². The van der Waals surface area contributed by atoms with Gasteiger partial charge in [0.15, 0.2) is 0 Å². The highest BCUT2D eigenvalue weighted by Gasteiger charge is 2.31. The second kappa shape index (κ2) is 6.60. The molecule has 1 aliphatic heterocycles. The van der Waals surface area contributed by atoms with Crippen LogP contribution in [0.25, 0.3) is 10.8 Å². The van der Waals surface area contributed by atoms with Crippen LogP contribution in [0.3, 0.4) is 0 Å². The lowest BCUT2D eigenvalue weighted by atomic mass is 10.1. The average Bonchev–Trinajstić information content (AvgIpc) is 2.94. The zero-order valence-electron chi connectivity index (χ0n) is 14.4. The van der Waals surface area contributed by atoms with Gasteiger partial charge in [-0.3, -0.25) is 4.79 Å². The lowest BCUT2D eigenvalue weighted by Gasteiger charge is -2.15. The minimum atomic E-state index is -3.78. The maximum atomic E-state index is 12.9. The molecule has 8 heteroatoms. The fourth-order valence-electron chi connectivity index (χ4n) is 3.33. The van der Waals surface area contributed by atoms with E-state index in [-0.39, 0.29) is 17.3 Å². The Labute approximate surface area is 161 Å². The first-order chi connectivity index (χ1) is 12.9. The topological polar surface area (TPSA) is 79.4 Å². The van der Waals surface area contributed by atoms with E-state index < -0.39 is 10.0 Å². The van der Waals surface area contributed by atoms with Crippen molar-refractivity contribution in [1.29, 1.82) is 0 Å². The molecule has 1 aliphatic rings. The highest BCUT2D eigenvalue weighted by molar-refractivity contribution is 7.89. The minimum Gasteiger partial charge on any atom is -0.308 e. The molecule has 1 N–H and O–H groups in total. The monoisotopic (exact) mass is 401 g/mol. The van der Waals surface area contributed by atoms with Gasteiger partial charge < -0.3 is 4.90 Å². The minimum absolute atomic E-state index is 0.0927. The summed E-state index contributed by atoms with van der Waals surface area (Å²) in [4.78, 5) is 18.3. The third-order valence-corrected chi connectivity index (χ3v) is 6.29. The van der Waals surface area contributed by atoms with Crippen LogP contribution in [0.1, 0.15) is 22.8 Å². The third-order valence-electron chi connectivity index (χ3n) is 4.61. The number of nitrogens with one attached hydrogen (secondary N) is 1. The van der Waals surface area contributed by atoms with Gasteiger partial charge in [0.25, 0.3) is 5.91 Å². The van der Waals surface area contributed by atoms with Crippen molar-refractivity contribution in [2.24, 2.45) is 0 Å². The summed E-state index contributed by atoms with van der Waals surface area (Å²) in [6.45, 7) is 2.51. The number of benzene rings is 2. The van der Waals surface area contributed by atoms with Gasteiger partial charge in [-0.1, -0.05) is 29.8 Å².